The number of aliphatic hydroxyl groups excluding tert-OH is 1. The van der Waals surface area contributed by atoms with E-state index in [-0.39, 0.29) is 11.5 Å². The zero-order valence-electron chi connectivity index (χ0n) is 9.43. The highest BCUT2D eigenvalue weighted by Crippen LogP contribution is 2.47. The second-order valence-corrected chi connectivity index (χ2v) is 5.12. The van der Waals surface area contributed by atoms with E-state index in [1.54, 1.807) is 0 Å². The molecule has 0 heterocycles. The van der Waals surface area contributed by atoms with Crippen molar-refractivity contribution >= 4 is 0 Å². The Bertz CT molecular complexity index is 311. The summed E-state index contributed by atoms with van der Waals surface area (Å²) < 4.78 is 0. The zero-order chi connectivity index (χ0) is 10.3. The molecule has 1 heteroatoms. The predicted molar refractivity (Wildman–Crippen MR) is 59.0 cm³/mol. The Labute approximate surface area is 86.5 Å². The van der Waals surface area contributed by atoms with Gasteiger partial charge in [0.05, 0.1) is 6.10 Å². The fourth-order valence-corrected chi connectivity index (χ4v) is 3.19. The van der Waals surface area contributed by atoms with E-state index in [9.17, 15) is 5.11 Å². The van der Waals surface area contributed by atoms with Crippen LogP contribution in [0, 0.1) is 5.41 Å². The van der Waals surface area contributed by atoms with Gasteiger partial charge in [-0.2, -0.15) is 0 Å². The fourth-order valence-electron chi connectivity index (χ4n) is 3.19. The molecule has 0 radical (unpaired) electrons. The third-order valence-corrected chi connectivity index (χ3v) is 3.85. The first-order valence-corrected chi connectivity index (χ1v) is 5.59. The van der Waals surface area contributed by atoms with Crippen LogP contribution in [0.1, 0.15) is 46.5 Å². The first-order chi connectivity index (χ1) is 6.54. The lowest BCUT2D eigenvalue weighted by Gasteiger charge is -2.43. The molecule has 2 aliphatic carbocycles. The lowest BCUT2D eigenvalue weighted by Crippen LogP contribution is -2.38. The van der Waals surface area contributed by atoms with E-state index < -0.39 is 0 Å². The third-order valence-electron chi connectivity index (χ3n) is 3.85. The maximum Gasteiger partial charge on any atom is 0.0665 e. The number of allylic oxidation sites excluding steroid dienone is 2. The number of fused-ring (bicyclic) bond motifs is 1. The van der Waals surface area contributed by atoms with Crippen molar-refractivity contribution in [3.63, 3.8) is 0 Å². The van der Waals surface area contributed by atoms with Crippen molar-refractivity contribution in [1.82, 2.24) is 0 Å². The number of hydrogen-bond donors (Lipinski definition) is 1. The van der Waals surface area contributed by atoms with Crippen molar-refractivity contribution in [2.45, 2.75) is 52.6 Å². The van der Waals surface area contributed by atoms with Crippen molar-refractivity contribution < 1.29 is 5.11 Å². The van der Waals surface area contributed by atoms with Gasteiger partial charge in [0.25, 0.3) is 0 Å². The number of hydrogen-bond acceptors (Lipinski definition) is 1. The van der Waals surface area contributed by atoms with E-state index in [1.165, 1.54) is 23.1 Å². The smallest absolute Gasteiger partial charge is 0.0665 e. The molecule has 1 N–H and O–H groups in total. The fraction of sp³-hybridized carbons (Fsp3) is 0.692. The monoisotopic (exact) mass is 192 g/mol. The molecule has 2 rings (SSSR count). The molecule has 2 aliphatic rings. The Kier molecular flexibility index (Phi) is 2.30. The molecule has 0 amide bonds. The second kappa shape index (κ2) is 3.23. The Morgan fingerprint density at radius 3 is 2.86 bits per heavy atom. The van der Waals surface area contributed by atoms with Crippen LogP contribution in [0.15, 0.2) is 22.8 Å². The van der Waals surface area contributed by atoms with Crippen molar-refractivity contribution in [2.24, 2.45) is 5.41 Å². The first kappa shape index (κ1) is 9.97. The molecule has 0 aromatic carbocycles. The van der Waals surface area contributed by atoms with Gasteiger partial charge >= 0.3 is 0 Å². The van der Waals surface area contributed by atoms with Crippen LogP contribution in [0.5, 0.6) is 0 Å². The van der Waals surface area contributed by atoms with Crippen LogP contribution >= 0.6 is 0 Å². The molecular weight excluding hydrogens is 172 g/mol. The Balaban J connectivity index is 2.45. The third kappa shape index (κ3) is 1.35. The lowest BCUT2D eigenvalue weighted by atomic mass is 9.64. The number of rotatable bonds is 0. The molecule has 78 valence electrons. The van der Waals surface area contributed by atoms with Crippen LogP contribution in [0.2, 0.25) is 0 Å². The van der Waals surface area contributed by atoms with E-state index in [4.69, 9.17) is 0 Å². The normalized spacial score (nSPS) is 38.0. The van der Waals surface area contributed by atoms with Crippen LogP contribution in [0.3, 0.4) is 0 Å². The highest BCUT2D eigenvalue weighted by Gasteiger charge is 2.40. The molecule has 2 atom stereocenters. The minimum Gasteiger partial charge on any atom is -0.392 e. The summed E-state index contributed by atoms with van der Waals surface area (Å²) in [5.41, 5.74) is 4.35. The number of aliphatic hydroxyl groups is 1. The van der Waals surface area contributed by atoms with Crippen molar-refractivity contribution in [3.05, 3.63) is 22.8 Å². The minimum atomic E-state index is -0.170. The molecule has 0 saturated heterocycles. The van der Waals surface area contributed by atoms with Crippen LogP contribution in [0.4, 0.5) is 0 Å². The van der Waals surface area contributed by atoms with Crippen LogP contribution in [0.25, 0.3) is 0 Å². The van der Waals surface area contributed by atoms with Gasteiger partial charge in [-0.15, -0.1) is 0 Å². The summed E-state index contributed by atoms with van der Waals surface area (Å²) in [4.78, 5) is 0. The molecule has 0 unspecified atom stereocenters. The summed E-state index contributed by atoms with van der Waals surface area (Å²) in [5.74, 6) is 0. The average molecular weight is 192 g/mol. The highest BCUT2D eigenvalue weighted by molar-refractivity contribution is 5.37. The van der Waals surface area contributed by atoms with Gasteiger partial charge in [-0.1, -0.05) is 22.8 Å². The van der Waals surface area contributed by atoms with Crippen molar-refractivity contribution in [1.29, 1.82) is 0 Å². The predicted octanol–water partition coefficient (Wildman–Crippen LogP) is 3.20. The van der Waals surface area contributed by atoms with E-state index >= 15 is 0 Å². The highest BCUT2D eigenvalue weighted by atomic mass is 16.3. The van der Waals surface area contributed by atoms with E-state index in [1.807, 2.05) is 0 Å². The summed E-state index contributed by atoms with van der Waals surface area (Å²) in [7, 11) is 0. The van der Waals surface area contributed by atoms with E-state index in [2.05, 4.69) is 26.8 Å². The summed E-state index contributed by atoms with van der Waals surface area (Å²) in [6.07, 6.45) is 6.52. The van der Waals surface area contributed by atoms with Crippen LogP contribution in [-0.4, -0.2) is 11.2 Å². The topological polar surface area (TPSA) is 20.2 Å². The molecule has 0 spiro atoms. The summed E-state index contributed by atoms with van der Waals surface area (Å²) in [5, 5.41) is 10.1. The standard InChI is InChI=1S/C13H20O/c1-9-7-10(2)11-5-4-6-12(14)13(11,3)8-9/h8,12,14H,4-7H2,1-3H3/t12-,13-/m0/s1. The van der Waals surface area contributed by atoms with E-state index in [0.29, 0.717) is 0 Å². The molecular formula is C13H20O. The average Bonchev–Trinajstić information content (AvgIpc) is 2.07. The quantitative estimate of drug-likeness (QED) is 0.584. The zero-order valence-corrected chi connectivity index (χ0v) is 9.43. The van der Waals surface area contributed by atoms with Gasteiger partial charge < -0.3 is 5.11 Å². The Morgan fingerprint density at radius 2 is 2.14 bits per heavy atom. The maximum absolute atomic E-state index is 10.1. The Hall–Kier alpha value is -0.560. The molecule has 0 aromatic heterocycles. The lowest BCUT2D eigenvalue weighted by molar-refractivity contribution is 0.0628. The van der Waals surface area contributed by atoms with Crippen molar-refractivity contribution in [2.75, 3.05) is 0 Å². The molecule has 1 nitrogen and oxygen atoms in total. The van der Waals surface area contributed by atoms with Gasteiger partial charge in [-0.05, 0) is 46.5 Å². The van der Waals surface area contributed by atoms with Crippen LogP contribution < -0.4 is 0 Å². The first-order valence-electron chi connectivity index (χ1n) is 5.59. The molecule has 0 aromatic rings. The minimum absolute atomic E-state index is 0.0509. The summed E-state index contributed by atoms with van der Waals surface area (Å²) in [6.45, 7) is 6.59. The largest absolute Gasteiger partial charge is 0.392 e. The second-order valence-electron chi connectivity index (χ2n) is 5.12. The molecule has 14 heavy (non-hydrogen) atoms. The van der Waals surface area contributed by atoms with Gasteiger partial charge in [0.2, 0.25) is 0 Å². The SMILES string of the molecule is CC1=C[C@@]2(C)C(=C(C)C1)CCC[C@@H]2O. The summed E-state index contributed by atoms with van der Waals surface area (Å²) >= 11 is 0. The van der Waals surface area contributed by atoms with Crippen molar-refractivity contribution in [3.8, 4) is 0 Å². The van der Waals surface area contributed by atoms with Gasteiger partial charge in [0.1, 0.15) is 0 Å². The summed E-state index contributed by atoms with van der Waals surface area (Å²) in [6, 6.07) is 0. The molecule has 1 saturated carbocycles. The van der Waals surface area contributed by atoms with Gasteiger partial charge in [0, 0.05) is 5.41 Å². The maximum atomic E-state index is 10.1. The molecule has 0 aliphatic heterocycles. The van der Waals surface area contributed by atoms with Gasteiger partial charge in [0.15, 0.2) is 0 Å². The molecule has 0 bridgehead atoms. The van der Waals surface area contributed by atoms with Gasteiger partial charge in [-0.3, -0.25) is 0 Å². The van der Waals surface area contributed by atoms with E-state index in [0.717, 1.165) is 19.3 Å². The van der Waals surface area contributed by atoms with Crippen LogP contribution in [-0.2, 0) is 0 Å². The Morgan fingerprint density at radius 1 is 1.43 bits per heavy atom. The van der Waals surface area contributed by atoms with Gasteiger partial charge in [-0.25, -0.2) is 0 Å². The molecule has 1 fully saturated rings.